The SMILES string of the molecule is C[C@@H](CC1CCCC1)NCc1ccccc1NS(=O)(=O)c1ccc(-c2cnco2)cc1. The van der Waals surface area contributed by atoms with E-state index in [9.17, 15) is 8.42 Å². The summed E-state index contributed by atoms with van der Waals surface area (Å²) in [7, 11) is -3.70. The Morgan fingerprint density at radius 3 is 2.55 bits per heavy atom. The maximum atomic E-state index is 13.0. The molecule has 0 aliphatic heterocycles. The number of nitrogens with zero attached hydrogens (tertiary/aromatic N) is 1. The zero-order valence-electron chi connectivity index (χ0n) is 17.8. The van der Waals surface area contributed by atoms with E-state index in [0.717, 1.165) is 17.0 Å². The van der Waals surface area contributed by atoms with Crippen LogP contribution in [-0.4, -0.2) is 19.4 Å². The third kappa shape index (κ3) is 5.54. The van der Waals surface area contributed by atoms with Crippen LogP contribution in [0, 0.1) is 5.92 Å². The third-order valence-corrected chi connectivity index (χ3v) is 7.33. The Balaban J connectivity index is 1.42. The average Bonchev–Trinajstić information content (AvgIpc) is 3.47. The lowest BCUT2D eigenvalue weighted by atomic mass is 9.99. The molecule has 0 radical (unpaired) electrons. The van der Waals surface area contributed by atoms with Gasteiger partial charge in [0.15, 0.2) is 12.2 Å². The van der Waals surface area contributed by atoms with Gasteiger partial charge in [0.1, 0.15) is 0 Å². The molecule has 164 valence electrons. The fourth-order valence-electron chi connectivity index (χ4n) is 4.25. The lowest BCUT2D eigenvalue weighted by molar-refractivity contribution is 0.404. The molecular formula is C24H29N3O3S. The highest BCUT2D eigenvalue weighted by Crippen LogP contribution is 2.29. The maximum absolute atomic E-state index is 13.0. The molecule has 1 aliphatic rings. The van der Waals surface area contributed by atoms with Crippen LogP contribution in [-0.2, 0) is 16.6 Å². The first-order valence-corrected chi connectivity index (χ1v) is 12.3. The first kappa shape index (κ1) is 21.6. The standard InChI is InChI=1S/C24H29N3O3S/c1-18(14-19-6-2-3-7-19)26-15-21-8-4-5-9-23(21)27-31(28,29)22-12-10-20(11-13-22)24-16-25-17-30-24/h4-5,8-13,16-19,26-27H,2-3,6-7,14-15H2,1H3/t18-/m0/s1. The summed E-state index contributed by atoms with van der Waals surface area (Å²) in [4.78, 5) is 4.09. The van der Waals surface area contributed by atoms with Crippen molar-refractivity contribution in [2.24, 2.45) is 5.92 Å². The maximum Gasteiger partial charge on any atom is 0.261 e. The van der Waals surface area contributed by atoms with E-state index in [4.69, 9.17) is 4.42 Å². The molecule has 1 heterocycles. The summed E-state index contributed by atoms with van der Waals surface area (Å²) < 4.78 is 33.9. The number of hydrogen-bond acceptors (Lipinski definition) is 5. The Labute approximate surface area is 184 Å². The monoisotopic (exact) mass is 439 g/mol. The molecule has 1 aliphatic carbocycles. The van der Waals surface area contributed by atoms with E-state index >= 15 is 0 Å². The van der Waals surface area contributed by atoms with Crippen molar-refractivity contribution in [1.82, 2.24) is 10.3 Å². The molecule has 0 amide bonds. The number of aromatic nitrogens is 1. The highest BCUT2D eigenvalue weighted by molar-refractivity contribution is 7.92. The van der Waals surface area contributed by atoms with E-state index in [0.29, 0.717) is 24.0 Å². The number of sulfonamides is 1. The Kier molecular flexibility index (Phi) is 6.73. The minimum absolute atomic E-state index is 0.202. The molecule has 7 heteroatoms. The molecule has 1 aromatic heterocycles. The van der Waals surface area contributed by atoms with Crippen LogP contribution in [0.5, 0.6) is 0 Å². The first-order chi connectivity index (χ1) is 15.0. The second-order valence-electron chi connectivity index (χ2n) is 8.32. The van der Waals surface area contributed by atoms with Gasteiger partial charge in [-0.2, -0.15) is 0 Å². The van der Waals surface area contributed by atoms with E-state index in [1.54, 1.807) is 36.5 Å². The topological polar surface area (TPSA) is 84.2 Å². The summed E-state index contributed by atoms with van der Waals surface area (Å²) in [6.07, 6.45) is 9.48. The number of nitrogens with one attached hydrogen (secondary N) is 2. The highest BCUT2D eigenvalue weighted by atomic mass is 32.2. The molecule has 1 saturated carbocycles. The molecule has 0 spiro atoms. The number of rotatable bonds is 9. The molecule has 31 heavy (non-hydrogen) atoms. The lowest BCUT2D eigenvalue weighted by Gasteiger charge is -2.19. The molecule has 2 aromatic carbocycles. The van der Waals surface area contributed by atoms with Crippen LogP contribution in [0.25, 0.3) is 11.3 Å². The fourth-order valence-corrected chi connectivity index (χ4v) is 5.35. The first-order valence-electron chi connectivity index (χ1n) is 10.8. The number of oxazole rings is 1. The number of benzene rings is 2. The predicted octanol–water partition coefficient (Wildman–Crippen LogP) is 5.20. The summed E-state index contributed by atoms with van der Waals surface area (Å²) in [5.74, 6) is 1.41. The van der Waals surface area contributed by atoms with Crippen LogP contribution in [0.1, 0.15) is 44.6 Å². The van der Waals surface area contributed by atoms with Gasteiger partial charge in [-0.15, -0.1) is 0 Å². The van der Waals surface area contributed by atoms with Crippen LogP contribution < -0.4 is 10.0 Å². The molecular weight excluding hydrogens is 410 g/mol. The molecule has 4 rings (SSSR count). The summed E-state index contributed by atoms with van der Waals surface area (Å²) in [5, 5.41) is 3.56. The van der Waals surface area contributed by atoms with Gasteiger partial charge in [-0.1, -0.05) is 43.9 Å². The van der Waals surface area contributed by atoms with E-state index < -0.39 is 10.0 Å². The minimum atomic E-state index is -3.70. The van der Waals surface area contributed by atoms with Gasteiger partial charge in [0.2, 0.25) is 0 Å². The Morgan fingerprint density at radius 2 is 1.84 bits per heavy atom. The van der Waals surface area contributed by atoms with Crippen molar-refractivity contribution in [1.29, 1.82) is 0 Å². The molecule has 0 saturated heterocycles. The second-order valence-corrected chi connectivity index (χ2v) is 10.0. The summed E-state index contributed by atoms with van der Waals surface area (Å²) in [6, 6.07) is 14.5. The lowest BCUT2D eigenvalue weighted by Crippen LogP contribution is -2.28. The number of hydrogen-bond donors (Lipinski definition) is 2. The molecule has 2 N–H and O–H groups in total. The quantitative estimate of drug-likeness (QED) is 0.479. The zero-order chi connectivity index (χ0) is 21.7. The highest BCUT2D eigenvalue weighted by Gasteiger charge is 2.19. The van der Waals surface area contributed by atoms with Crippen molar-refractivity contribution in [3.8, 4) is 11.3 Å². The van der Waals surface area contributed by atoms with E-state index in [1.165, 1.54) is 38.5 Å². The van der Waals surface area contributed by atoms with Crippen molar-refractivity contribution in [3.63, 3.8) is 0 Å². The molecule has 0 bridgehead atoms. The molecule has 6 nitrogen and oxygen atoms in total. The van der Waals surface area contributed by atoms with Crippen LogP contribution >= 0.6 is 0 Å². The van der Waals surface area contributed by atoms with Gasteiger partial charge in [0.25, 0.3) is 10.0 Å². The van der Waals surface area contributed by atoms with Crippen molar-refractivity contribution in [2.45, 2.75) is 56.5 Å². The smallest absolute Gasteiger partial charge is 0.261 e. The van der Waals surface area contributed by atoms with Gasteiger partial charge in [0, 0.05) is 18.2 Å². The van der Waals surface area contributed by atoms with Crippen molar-refractivity contribution in [3.05, 3.63) is 66.7 Å². The van der Waals surface area contributed by atoms with Crippen molar-refractivity contribution in [2.75, 3.05) is 4.72 Å². The van der Waals surface area contributed by atoms with Gasteiger partial charge in [-0.05, 0) is 55.2 Å². The fraction of sp³-hybridized carbons (Fsp3) is 0.375. The predicted molar refractivity (Wildman–Crippen MR) is 122 cm³/mol. The second kappa shape index (κ2) is 9.66. The summed E-state index contributed by atoms with van der Waals surface area (Å²) >= 11 is 0. The zero-order valence-corrected chi connectivity index (χ0v) is 18.6. The largest absolute Gasteiger partial charge is 0.444 e. The molecule has 0 unspecified atom stereocenters. The molecule has 3 aromatic rings. The molecule has 1 fully saturated rings. The van der Waals surface area contributed by atoms with E-state index in [-0.39, 0.29) is 4.90 Å². The number of para-hydroxylation sites is 1. The van der Waals surface area contributed by atoms with Crippen LogP contribution in [0.4, 0.5) is 5.69 Å². The van der Waals surface area contributed by atoms with E-state index in [2.05, 4.69) is 21.9 Å². The normalized spacial score (nSPS) is 15.8. The van der Waals surface area contributed by atoms with Crippen LogP contribution in [0.3, 0.4) is 0 Å². The number of anilines is 1. The summed E-state index contributed by atoms with van der Waals surface area (Å²) in [5.41, 5.74) is 2.31. The average molecular weight is 440 g/mol. The van der Waals surface area contributed by atoms with Crippen LogP contribution in [0.15, 0.2) is 70.4 Å². The van der Waals surface area contributed by atoms with Gasteiger partial charge in [-0.25, -0.2) is 13.4 Å². The molecule has 1 atom stereocenters. The minimum Gasteiger partial charge on any atom is -0.444 e. The summed E-state index contributed by atoms with van der Waals surface area (Å²) in [6.45, 7) is 2.83. The van der Waals surface area contributed by atoms with Crippen molar-refractivity contribution >= 4 is 15.7 Å². The Bertz CT molecular complexity index is 1070. The van der Waals surface area contributed by atoms with E-state index in [1.807, 2.05) is 18.2 Å². The van der Waals surface area contributed by atoms with Gasteiger partial charge in [0.05, 0.1) is 16.8 Å². The van der Waals surface area contributed by atoms with Gasteiger partial charge >= 0.3 is 0 Å². The van der Waals surface area contributed by atoms with Gasteiger partial charge < -0.3 is 9.73 Å². The Hall–Kier alpha value is -2.64. The Morgan fingerprint density at radius 1 is 1.10 bits per heavy atom. The third-order valence-electron chi connectivity index (χ3n) is 5.95. The van der Waals surface area contributed by atoms with Crippen molar-refractivity contribution < 1.29 is 12.8 Å². The van der Waals surface area contributed by atoms with Gasteiger partial charge in [-0.3, -0.25) is 4.72 Å². The van der Waals surface area contributed by atoms with Crippen LogP contribution in [0.2, 0.25) is 0 Å².